The lowest BCUT2D eigenvalue weighted by Crippen LogP contribution is -2.30. The van der Waals surface area contributed by atoms with Crippen LogP contribution in [0.25, 0.3) is 0 Å². The number of hydrogen-bond acceptors (Lipinski definition) is 6. The van der Waals surface area contributed by atoms with E-state index in [1.165, 1.54) is 225 Å². The van der Waals surface area contributed by atoms with Crippen molar-refractivity contribution in [3.05, 3.63) is 72.9 Å². The third-order valence-corrected chi connectivity index (χ3v) is 16.2. The SMILES string of the molecule is CC/C=C\C/C=C\C/C=C\C/C=C\C/C=C\CCCCCCCC(=O)OC(COC(=O)CCCCCCC/C=C\CCCCCCCCC)COC(=O)CCCCCCCCCCCCCCCCCCCCCCCCCCCCCC. The van der Waals surface area contributed by atoms with Crippen LogP contribution in [0, 0.1) is 0 Å². The van der Waals surface area contributed by atoms with Crippen LogP contribution in [0.5, 0.6) is 0 Å². The molecule has 0 heterocycles. The number of ether oxygens (including phenoxy) is 3. The quantitative estimate of drug-likeness (QED) is 0.0261. The first-order valence-electron chi connectivity index (χ1n) is 36.4. The average Bonchev–Trinajstić information content (AvgIpc) is 3.50. The fourth-order valence-electron chi connectivity index (χ4n) is 10.8. The van der Waals surface area contributed by atoms with Gasteiger partial charge in [0.2, 0.25) is 0 Å². The zero-order valence-electron chi connectivity index (χ0n) is 55.5. The van der Waals surface area contributed by atoms with E-state index in [-0.39, 0.29) is 31.1 Å². The molecule has 0 saturated carbocycles. The molecule has 1 atom stereocenters. The van der Waals surface area contributed by atoms with Gasteiger partial charge < -0.3 is 14.2 Å². The molecule has 482 valence electrons. The first-order chi connectivity index (χ1) is 41.0. The lowest BCUT2D eigenvalue weighted by molar-refractivity contribution is -0.167. The maximum atomic E-state index is 13.0. The molecule has 0 fully saturated rings. The van der Waals surface area contributed by atoms with Crippen LogP contribution in [-0.2, 0) is 28.6 Å². The average molecular weight is 1160 g/mol. The minimum Gasteiger partial charge on any atom is -0.462 e. The molecule has 6 nitrogen and oxygen atoms in total. The molecule has 0 amide bonds. The second kappa shape index (κ2) is 71.3. The van der Waals surface area contributed by atoms with Gasteiger partial charge in [-0.1, -0.05) is 344 Å². The summed E-state index contributed by atoms with van der Waals surface area (Å²) < 4.78 is 17.0. The molecule has 6 heteroatoms. The molecule has 1 unspecified atom stereocenters. The van der Waals surface area contributed by atoms with Gasteiger partial charge in [-0.15, -0.1) is 0 Å². The molecule has 0 bridgehead atoms. The van der Waals surface area contributed by atoms with Crippen LogP contribution >= 0.6 is 0 Å². The van der Waals surface area contributed by atoms with E-state index in [4.69, 9.17) is 14.2 Å². The maximum absolute atomic E-state index is 13.0. The second-order valence-corrected chi connectivity index (χ2v) is 24.5. The third kappa shape index (κ3) is 69.5. The highest BCUT2D eigenvalue weighted by molar-refractivity contribution is 5.71. The molecule has 0 aromatic heterocycles. The maximum Gasteiger partial charge on any atom is 0.306 e. The van der Waals surface area contributed by atoms with Crippen molar-refractivity contribution in [1.82, 2.24) is 0 Å². The third-order valence-electron chi connectivity index (χ3n) is 16.2. The van der Waals surface area contributed by atoms with Gasteiger partial charge in [0.15, 0.2) is 6.10 Å². The summed E-state index contributed by atoms with van der Waals surface area (Å²) in [5.41, 5.74) is 0. The summed E-state index contributed by atoms with van der Waals surface area (Å²) in [6, 6.07) is 0. The largest absolute Gasteiger partial charge is 0.462 e. The molecule has 0 radical (unpaired) electrons. The van der Waals surface area contributed by atoms with Crippen molar-refractivity contribution in [3.63, 3.8) is 0 Å². The summed E-state index contributed by atoms with van der Waals surface area (Å²) >= 11 is 0. The van der Waals surface area contributed by atoms with Crippen molar-refractivity contribution in [2.75, 3.05) is 13.2 Å². The van der Waals surface area contributed by atoms with Crippen molar-refractivity contribution in [2.45, 2.75) is 386 Å². The fraction of sp³-hybridized carbons (Fsp3) is 0.805. The van der Waals surface area contributed by atoms with Gasteiger partial charge in [-0.25, -0.2) is 0 Å². The Hall–Kier alpha value is -3.15. The molecule has 0 aromatic rings. The van der Waals surface area contributed by atoms with Crippen molar-refractivity contribution < 1.29 is 28.6 Å². The van der Waals surface area contributed by atoms with E-state index < -0.39 is 6.10 Å². The van der Waals surface area contributed by atoms with Crippen LogP contribution in [0.3, 0.4) is 0 Å². The lowest BCUT2D eigenvalue weighted by atomic mass is 10.0. The van der Waals surface area contributed by atoms with Gasteiger partial charge in [0, 0.05) is 19.3 Å². The molecule has 0 aromatic carbocycles. The van der Waals surface area contributed by atoms with Crippen molar-refractivity contribution in [1.29, 1.82) is 0 Å². The van der Waals surface area contributed by atoms with E-state index in [0.717, 1.165) is 116 Å². The topological polar surface area (TPSA) is 78.9 Å². The highest BCUT2D eigenvalue weighted by Crippen LogP contribution is 2.18. The monoisotopic (exact) mass is 1160 g/mol. The highest BCUT2D eigenvalue weighted by Gasteiger charge is 2.19. The first-order valence-corrected chi connectivity index (χ1v) is 36.4. The summed E-state index contributed by atoms with van der Waals surface area (Å²) in [5.74, 6) is -0.888. The number of unbranched alkanes of at least 4 members (excludes halogenated alkanes) is 44. The molecule has 0 aliphatic carbocycles. The number of carbonyl (C=O) groups is 3. The van der Waals surface area contributed by atoms with Crippen LogP contribution in [0.15, 0.2) is 72.9 Å². The molecule has 0 N–H and O–H groups in total. The summed E-state index contributed by atoms with van der Waals surface area (Å²) in [6.07, 6.45) is 93.7. The Bertz CT molecular complexity index is 1520. The number of allylic oxidation sites excluding steroid dienone is 12. The number of hydrogen-bond donors (Lipinski definition) is 0. The van der Waals surface area contributed by atoms with Crippen LogP contribution in [0.1, 0.15) is 380 Å². The minimum atomic E-state index is -0.790. The van der Waals surface area contributed by atoms with Gasteiger partial charge in [-0.3, -0.25) is 14.4 Å². The van der Waals surface area contributed by atoms with E-state index in [9.17, 15) is 14.4 Å². The number of carbonyl (C=O) groups excluding carboxylic acids is 3. The van der Waals surface area contributed by atoms with Gasteiger partial charge >= 0.3 is 17.9 Å². The molecule has 0 rings (SSSR count). The van der Waals surface area contributed by atoms with Crippen molar-refractivity contribution in [2.24, 2.45) is 0 Å². The molecule has 0 aliphatic heterocycles. The van der Waals surface area contributed by atoms with Crippen LogP contribution in [0.2, 0.25) is 0 Å². The predicted molar refractivity (Wildman–Crippen MR) is 362 cm³/mol. The van der Waals surface area contributed by atoms with E-state index in [1.54, 1.807) is 0 Å². The van der Waals surface area contributed by atoms with Gasteiger partial charge in [0.25, 0.3) is 0 Å². The van der Waals surface area contributed by atoms with Crippen LogP contribution < -0.4 is 0 Å². The van der Waals surface area contributed by atoms with Gasteiger partial charge in [0.05, 0.1) is 0 Å². The van der Waals surface area contributed by atoms with Gasteiger partial charge in [0.1, 0.15) is 13.2 Å². The first kappa shape index (κ1) is 79.8. The van der Waals surface area contributed by atoms with Crippen molar-refractivity contribution in [3.8, 4) is 0 Å². The molecule has 83 heavy (non-hydrogen) atoms. The minimum absolute atomic E-state index is 0.0827. The summed E-state index contributed by atoms with van der Waals surface area (Å²) in [5, 5.41) is 0. The fourth-order valence-corrected chi connectivity index (χ4v) is 10.8. The molecular weight excluding hydrogens is 1020 g/mol. The molecular formula is C77H138O6. The van der Waals surface area contributed by atoms with E-state index in [0.29, 0.717) is 19.3 Å². The molecule has 0 saturated heterocycles. The Morgan fingerprint density at radius 2 is 0.470 bits per heavy atom. The van der Waals surface area contributed by atoms with E-state index >= 15 is 0 Å². The van der Waals surface area contributed by atoms with Crippen molar-refractivity contribution >= 4 is 17.9 Å². The Morgan fingerprint density at radius 3 is 0.747 bits per heavy atom. The van der Waals surface area contributed by atoms with Gasteiger partial charge in [-0.05, 0) is 89.9 Å². The Balaban J connectivity index is 4.30. The normalized spacial score (nSPS) is 12.5. The van der Waals surface area contributed by atoms with E-state index in [1.807, 2.05) is 0 Å². The lowest BCUT2D eigenvalue weighted by Gasteiger charge is -2.18. The predicted octanol–water partition coefficient (Wildman–Crippen LogP) is 25.2. The highest BCUT2D eigenvalue weighted by atomic mass is 16.6. The van der Waals surface area contributed by atoms with E-state index in [2.05, 4.69) is 93.7 Å². The Kier molecular flexibility index (Phi) is 68.6. The van der Waals surface area contributed by atoms with Crippen LogP contribution in [-0.4, -0.2) is 37.2 Å². The summed E-state index contributed by atoms with van der Waals surface area (Å²) in [7, 11) is 0. The zero-order chi connectivity index (χ0) is 59.9. The standard InChI is InChI=1S/C77H138O6/c1-4-7-10-13-16-19-22-25-28-31-33-35-36-37-38-39-40-41-43-44-46-49-52-55-58-61-64-67-70-76(79)82-73-74(72-81-75(78)69-66-63-60-57-54-51-48-30-27-24-21-18-15-12-9-6-3)83-77(80)71-68-65-62-59-56-53-50-47-45-42-34-32-29-26-23-20-17-14-11-8-5-2/h8,11,17,20,26,29-30,34,42,47-48,50,74H,4-7,9-10,12-16,18-19,21-25,27-28,31-33,35-41,43-46,49,51-73H2,1-3H3/b11-8-,20-17-,29-26-,42-34-,48-30-,50-47-. The number of rotatable bonds is 67. The second-order valence-electron chi connectivity index (χ2n) is 24.5. The summed E-state index contributed by atoms with van der Waals surface area (Å²) in [4.78, 5) is 38.5. The molecule has 0 spiro atoms. The van der Waals surface area contributed by atoms with Gasteiger partial charge in [-0.2, -0.15) is 0 Å². The smallest absolute Gasteiger partial charge is 0.306 e. The Morgan fingerprint density at radius 1 is 0.253 bits per heavy atom. The number of esters is 3. The Labute approximate surface area is 516 Å². The van der Waals surface area contributed by atoms with Crippen LogP contribution in [0.4, 0.5) is 0 Å². The molecule has 0 aliphatic rings. The summed E-state index contributed by atoms with van der Waals surface area (Å²) in [6.45, 7) is 6.56. The zero-order valence-corrected chi connectivity index (χ0v) is 55.5.